The van der Waals surface area contributed by atoms with Crippen LogP contribution in [0.3, 0.4) is 0 Å². The molecular weight excluding hydrogens is 282 g/mol. The Morgan fingerprint density at radius 1 is 1.50 bits per heavy atom. The molecule has 0 saturated carbocycles. The van der Waals surface area contributed by atoms with Crippen LogP contribution in [0.2, 0.25) is 0 Å². The van der Waals surface area contributed by atoms with E-state index in [2.05, 4.69) is 25.6 Å². The molecule has 3 heterocycles. The van der Waals surface area contributed by atoms with E-state index in [0.29, 0.717) is 16.6 Å². The molecular formula is C10H9N7O2S. The van der Waals surface area contributed by atoms with Crippen molar-refractivity contribution in [2.24, 2.45) is 7.05 Å². The van der Waals surface area contributed by atoms with Crippen molar-refractivity contribution in [3.8, 4) is 10.9 Å². The average molecular weight is 293 g/mol. The minimum Gasteiger partial charge on any atom is -0.463 e. The van der Waals surface area contributed by atoms with Crippen LogP contribution < -0.4 is 10.4 Å². The summed E-state index contributed by atoms with van der Waals surface area (Å²) in [5.74, 6) is 0. The summed E-state index contributed by atoms with van der Waals surface area (Å²) in [6.45, 7) is 0.0547. The molecule has 10 heteroatoms. The lowest BCUT2D eigenvalue weighted by molar-refractivity contribution is 0.297. The van der Waals surface area contributed by atoms with Crippen LogP contribution in [-0.4, -0.2) is 35.0 Å². The van der Waals surface area contributed by atoms with Crippen molar-refractivity contribution >= 4 is 11.3 Å². The van der Waals surface area contributed by atoms with Crippen LogP contribution in [0.4, 0.5) is 0 Å². The number of hydrogen-bond acceptors (Lipinski definition) is 8. The maximum atomic E-state index is 11.9. The van der Waals surface area contributed by atoms with Gasteiger partial charge in [-0.05, 0) is 16.5 Å². The Balaban J connectivity index is 1.89. The largest absolute Gasteiger partial charge is 0.463 e. The number of aryl methyl sites for hydroxylation is 1. The summed E-state index contributed by atoms with van der Waals surface area (Å²) in [5.41, 5.74) is 0.458. The minimum atomic E-state index is -0.396. The first-order valence-electron chi connectivity index (χ1n) is 6.00. The number of nitrogens with zero attached hydrogens (tertiary/aromatic N) is 7. The van der Waals surface area contributed by atoms with Crippen LogP contribution in [0.1, 0.15) is 7.06 Å². The monoisotopic (exact) mass is 293 g/mol. The summed E-state index contributed by atoms with van der Waals surface area (Å²) in [4.78, 5) is 15.7. The maximum Gasteiger partial charge on any atom is 0.368 e. The highest BCUT2D eigenvalue weighted by Crippen LogP contribution is 2.16. The van der Waals surface area contributed by atoms with Gasteiger partial charge in [-0.25, -0.2) is 9.78 Å². The molecule has 0 unspecified atom stereocenters. The van der Waals surface area contributed by atoms with E-state index in [-0.39, 0.29) is 12.8 Å². The number of tetrazole rings is 1. The Bertz CT molecular complexity index is 827. The first-order valence-corrected chi connectivity index (χ1v) is 6.38. The standard InChI is InChI=1S/C10H9N7O2S/c1-16-10(18)17(15-14-16)8-2-3-12-13-7(8)6-19-9-11-4-5-20-9/h2-5H,6H2,1H3/i4T. The van der Waals surface area contributed by atoms with Crippen LogP contribution in [0.15, 0.2) is 28.6 Å². The van der Waals surface area contributed by atoms with E-state index in [1.165, 1.54) is 24.6 Å². The van der Waals surface area contributed by atoms with Crippen molar-refractivity contribution in [3.63, 3.8) is 0 Å². The van der Waals surface area contributed by atoms with Crippen molar-refractivity contribution in [2.75, 3.05) is 0 Å². The zero-order valence-electron chi connectivity index (χ0n) is 11.3. The third-order valence-corrected chi connectivity index (χ3v) is 3.06. The first-order chi connectivity index (χ1) is 10.1. The second-order valence-electron chi connectivity index (χ2n) is 3.69. The van der Waals surface area contributed by atoms with Gasteiger partial charge in [0.05, 0.1) is 7.57 Å². The van der Waals surface area contributed by atoms with Gasteiger partial charge in [0, 0.05) is 18.6 Å². The van der Waals surface area contributed by atoms with E-state index in [1.54, 1.807) is 11.4 Å². The van der Waals surface area contributed by atoms with Gasteiger partial charge >= 0.3 is 5.69 Å². The average Bonchev–Trinajstić information content (AvgIpc) is 3.04. The molecule has 20 heavy (non-hydrogen) atoms. The van der Waals surface area contributed by atoms with Crippen molar-refractivity contribution in [2.45, 2.75) is 6.61 Å². The highest BCUT2D eigenvalue weighted by Gasteiger charge is 2.13. The molecule has 0 amide bonds. The lowest BCUT2D eigenvalue weighted by atomic mass is 10.3. The number of hydrogen-bond donors (Lipinski definition) is 0. The Kier molecular flexibility index (Phi) is 2.90. The zero-order chi connectivity index (χ0) is 14.8. The number of ether oxygens (including phenoxy) is 1. The molecule has 0 atom stereocenters. The normalized spacial score (nSPS) is 11.3. The number of rotatable bonds is 4. The summed E-state index contributed by atoms with van der Waals surface area (Å²) in [6.07, 6.45) is 1.59. The van der Waals surface area contributed by atoms with Gasteiger partial charge < -0.3 is 4.74 Å². The van der Waals surface area contributed by atoms with E-state index >= 15 is 0 Å². The van der Waals surface area contributed by atoms with E-state index in [0.717, 1.165) is 9.36 Å². The molecule has 0 bridgehead atoms. The Labute approximate surface area is 117 Å². The highest BCUT2D eigenvalue weighted by molar-refractivity contribution is 7.11. The van der Waals surface area contributed by atoms with E-state index in [4.69, 9.17) is 6.11 Å². The SMILES string of the molecule is [3H]c1csc(OCc2nnccc2-n2nnn(C)c2=O)n1. The van der Waals surface area contributed by atoms with Gasteiger partial charge in [0.2, 0.25) is 0 Å². The predicted molar refractivity (Wildman–Crippen MR) is 68.6 cm³/mol. The summed E-state index contributed by atoms with van der Waals surface area (Å²) >= 11 is 1.21. The van der Waals surface area contributed by atoms with Crippen LogP contribution in [-0.2, 0) is 13.7 Å². The molecule has 0 aliphatic carbocycles. The molecule has 0 aliphatic rings. The molecule has 0 radical (unpaired) electrons. The van der Waals surface area contributed by atoms with Gasteiger partial charge in [-0.2, -0.15) is 14.5 Å². The second-order valence-corrected chi connectivity index (χ2v) is 4.51. The third kappa shape index (κ3) is 2.28. The summed E-state index contributed by atoms with van der Waals surface area (Å²) in [6, 6.07) is 1.60. The van der Waals surface area contributed by atoms with Crippen molar-refractivity contribution in [1.82, 2.24) is 35.0 Å². The fourth-order valence-corrected chi connectivity index (χ4v) is 1.93. The van der Waals surface area contributed by atoms with Gasteiger partial charge in [-0.3, -0.25) is 0 Å². The first kappa shape index (κ1) is 11.2. The molecule has 3 aromatic rings. The smallest absolute Gasteiger partial charge is 0.368 e. The summed E-state index contributed by atoms with van der Waals surface area (Å²) in [5, 5.41) is 17.0. The Hall–Kier alpha value is -2.62. The molecule has 3 aromatic heterocycles. The van der Waals surface area contributed by atoms with Gasteiger partial charge in [0.1, 0.15) is 18.0 Å². The lowest BCUT2D eigenvalue weighted by Crippen LogP contribution is -2.23. The van der Waals surface area contributed by atoms with E-state index in [9.17, 15) is 4.79 Å². The topological polar surface area (TPSA) is 101 Å². The molecule has 0 aromatic carbocycles. The van der Waals surface area contributed by atoms with Gasteiger partial charge in [0.25, 0.3) is 5.19 Å². The fraction of sp³-hybridized carbons (Fsp3) is 0.200. The van der Waals surface area contributed by atoms with E-state index in [1.807, 2.05) is 0 Å². The molecule has 3 rings (SSSR count). The number of aromatic nitrogens is 7. The van der Waals surface area contributed by atoms with Crippen molar-refractivity contribution in [3.05, 3.63) is 40.0 Å². The van der Waals surface area contributed by atoms with Crippen molar-refractivity contribution < 1.29 is 6.11 Å². The molecule has 102 valence electrons. The lowest BCUT2D eigenvalue weighted by Gasteiger charge is -2.05. The van der Waals surface area contributed by atoms with Gasteiger partial charge in [-0.1, -0.05) is 11.3 Å². The molecule has 0 fully saturated rings. The summed E-state index contributed by atoms with van der Waals surface area (Å²) < 4.78 is 15.0. The van der Waals surface area contributed by atoms with E-state index < -0.39 is 5.69 Å². The minimum absolute atomic E-state index is 0.0547. The van der Waals surface area contributed by atoms with Gasteiger partial charge in [-0.15, -0.1) is 5.10 Å². The van der Waals surface area contributed by atoms with Gasteiger partial charge in [0.15, 0.2) is 0 Å². The molecule has 0 aliphatic heterocycles. The summed E-state index contributed by atoms with van der Waals surface area (Å²) in [7, 11) is 1.50. The van der Waals surface area contributed by atoms with Crippen LogP contribution in [0.5, 0.6) is 5.19 Å². The van der Waals surface area contributed by atoms with Crippen LogP contribution >= 0.6 is 11.3 Å². The van der Waals surface area contributed by atoms with Crippen LogP contribution in [0, 0.1) is 0 Å². The molecule has 0 N–H and O–H groups in total. The maximum absolute atomic E-state index is 11.9. The zero-order valence-corrected chi connectivity index (χ0v) is 11.1. The quantitative estimate of drug-likeness (QED) is 0.656. The second kappa shape index (κ2) is 5.17. The Morgan fingerprint density at radius 3 is 3.10 bits per heavy atom. The number of thiazole rings is 1. The molecule has 0 spiro atoms. The molecule has 9 nitrogen and oxygen atoms in total. The van der Waals surface area contributed by atoms with Crippen molar-refractivity contribution in [1.29, 1.82) is 0 Å². The Morgan fingerprint density at radius 2 is 2.40 bits per heavy atom. The molecule has 0 saturated heterocycles. The predicted octanol–water partition coefficient (Wildman–Crippen LogP) is -0.209. The van der Waals surface area contributed by atoms with Crippen LogP contribution in [0.25, 0.3) is 5.69 Å². The highest BCUT2D eigenvalue weighted by atomic mass is 32.1. The third-order valence-electron chi connectivity index (χ3n) is 2.42. The fourth-order valence-electron chi connectivity index (χ4n) is 1.49.